The molecular formula is C13H12N2O5S2. The van der Waals surface area contributed by atoms with E-state index >= 15 is 0 Å². The molecule has 0 unspecified atom stereocenters. The monoisotopic (exact) mass is 340 g/mol. The first-order valence-corrected chi connectivity index (χ1v) is 8.71. The highest BCUT2D eigenvalue weighted by Crippen LogP contribution is 2.23. The van der Waals surface area contributed by atoms with Gasteiger partial charge in [0.25, 0.3) is 5.91 Å². The molecule has 1 aromatic heterocycles. The SMILES string of the molecule is Cc1nc(NC(=O)c2cccc(S(C)(=O)=O)c2)sc1C(=O)O. The average Bonchev–Trinajstić information content (AvgIpc) is 2.79. The van der Waals surface area contributed by atoms with Crippen LogP contribution in [0.15, 0.2) is 29.2 Å². The number of aryl methyl sites for hydroxylation is 1. The van der Waals surface area contributed by atoms with Crippen LogP contribution < -0.4 is 5.32 Å². The molecule has 0 aliphatic heterocycles. The van der Waals surface area contributed by atoms with Gasteiger partial charge in [-0.25, -0.2) is 18.2 Å². The zero-order valence-corrected chi connectivity index (χ0v) is 13.3. The molecule has 0 atom stereocenters. The minimum Gasteiger partial charge on any atom is -0.477 e. The number of hydrogen-bond acceptors (Lipinski definition) is 6. The number of nitrogens with zero attached hydrogens (tertiary/aromatic N) is 1. The molecule has 2 N–H and O–H groups in total. The van der Waals surface area contributed by atoms with Crippen LogP contribution in [0.2, 0.25) is 0 Å². The van der Waals surface area contributed by atoms with Crippen molar-refractivity contribution in [1.29, 1.82) is 0 Å². The smallest absolute Gasteiger partial charge is 0.347 e. The molecule has 0 saturated heterocycles. The van der Waals surface area contributed by atoms with Gasteiger partial charge in [0.05, 0.1) is 10.6 Å². The summed E-state index contributed by atoms with van der Waals surface area (Å²) in [4.78, 5) is 27.1. The van der Waals surface area contributed by atoms with Crippen LogP contribution in [-0.4, -0.2) is 36.6 Å². The quantitative estimate of drug-likeness (QED) is 0.877. The lowest BCUT2D eigenvalue weighted by molar-refractivity contribution is 0.0701. The van der Waals surface area contributed by atoms with Crippen LogP contribution in [-0.2, 0) is 9.84 Å². The van der Waals surface area contributed by atoms with Gasteiger partial charge in [-0.2, -0.15) is 0 Å². The first-order valence-electron chi connectivity index (χ1n) is 6.00. The van der Waals surface area contributed by atoms with Crippen molar-refractivity contribution < 1.29 is 23.1 Å². The fourth-order valence-corrected chi connectivity index (χ4v) is 3.15. The lowest BCUT2D eigenvalue weighted by atomic mass is 10.2. The van der Waals surface area contributed by atoms with Crippen molar-refractivity contribution in [3.8, 4) is 0 Å². The predicted octanol–water partition coefficient (Wildman–Crippen LogP) is 1.81. The molecule has 1 amide bonds. The number of rotatable bonds is 4. The second-order valence-electron chi connectivity index (χ2n) is 4.49. The van der Waals surface area contributed by atoms with Crippen LogP contribution in [0.4, 0.5) is 5.13 Å². The third-order valence-corrected chi connectivity index (χ3v) is 4.91. The molecule has 116 valence electrons. The Morgan fingerprint density at radius 1 is 1.32 bits per heavy atom. The molecule has 0 spiro atoms. The molecule has 9 heteroatoms. The van der Waals surface area contributed by atoms with Gasteiger partial charge in [-0.15, -0.1) is 0 Å². The van der Waals surface area contributed by atoms with Gasteiger partial charge in [0.1, 0.15) is 4.88 Å². The molecule has 7 nitrogen and oxygen atoms in total. The standard InChI is InChI=1S/C13H12N2O5S2/c1-7-10(12(17)18)21-13(14-7)15-11(16)8-4-3-5-9(6-8)22(2,19)20/h3-6H,1-2H3,(H,17,18)(H,14,15,16). The van der Waals surface area contributed by atoms with Gasteiger partial charge in [0.15, 0.2) is 15.0 Å². The van der Waals surface area contributed by atoms with Gasteiger partial charge in [-0.1, -0.05) is 17.4 Å². The van der Waals surface area contributed by atoms with Gasteiger partial charge >= 0.3 is 5.97 Å². The fourth-order valence-electron chi connectivity index (χ4n) is 1.69. The fraction of sp³-hybridized carbons (Fsp3) is 0.154. The Bertz CT molecular complexity index is 855. The van der Waals surface area contributed by atoms with Crippen LogP contribution in [0.1, 0.15) is 25.7 Å². The Kier molecular flexibility index (Phi) is 4.29. The van der Waals surface area contributed by atoms with Gasteiger partial charge in [-0.3, -0.25) is 10.1 Å². The first kappa shape index (κ1) is 16.1. The molecule has 0 aliphatic rings. The Morgan fingerprint density at radius 2 is 2.00 bits per heavy atom. The summed E-state index contributed by atoms with van der Waals surface area (Å²) in [6.07, 6.45) is 1.05. The molecule has 0 saturated carbocycles. The van der Waals surface area contributed by atoms with Crippen molar-refractivity contribution in [2.24, 2.45) is 0 Å². The van der Waals surface area contributed by atoms with E-state index in [-0.39, 0.29) is 20.5 Å². The lowest BCUT2D eigenvalue weighted by Crippen LogP contribution is -2.12. The normalized spacial score (nSPS) is 11.2. The van der Waals surface area contributed by atoms with E-state index in [1.807, 2.05) is 0 Å². The highest BCUT2D eigenvalue weighted by Gasteiger charge is 2.17. The summed E-state index contributed by atoms with van der Waals surface area (Å²) >= 11 is 0.839. The van der Waals surface area contributed by atoms with Crippen molar-refractivity contribution in [3.63, 3.8) is 0 Å². The molecule has 0 aliphatic carbocycles. The average molecular weight is 340 g/mol. The number of carboxylic acid groups (broad SMARTS) is 1. The van der Waals surface area contributed by atoms with Crippen LogP contribution >= 0.6 is 11.3 Å². The van der Waals surface area contributed by atoms with Crippen LogP contribution in [0.3, 0.4) is 0 Å². The van der Waals surface area contributed by atoms with Crippen molar-refractivity contribution in [1.82, 2.24) is 4.98 Å². The molecule has 0 fully saturated rings. The number of aromatic nitrogens is 1. The van der Waals surface area contributed by atoms with Crippen LogP contribution in [0.25, 0.3) is 0 Å². The number of benzene rings is 1. The maximum Gasteiger partial charge on any atom is 0.347 e. The van der Waals surface area contributed by atoms with Crippen molar-refractivity contribution in [2.45, 2.75) is 11.8 Å². The van der Waals surface area contributed by atoms with Crippen molar-refractivity contribution in [3.05, 3.63) is 40.4 Å². The molecule has 2 aromatic rings. The second-order valence-corrected chi connectivity index (χ2v) is 7.51. The summed E-state index contributed by atoms with van der Waals surface area (Å²) in [5, 5.41) is 11.6. The maximum absolute atomic E-state index is 12.1. The van der Waals surface area contributed by atoms with Crippen LogP contribution in [0, 0.1) is 6.92 Å². The van der Waals surface area contributed by atoms with Gasteiger partial charge in [0.2, 0.25) is 0 Å². The third-order valence-electron chi connectivity index (χ3n) is 2.74. The zero-order valence-electron chi connectivity index (χ0n) is 11.7. The molecule has 2 rings (SSSR count). The van der Waals surface area contributed by atoms with Gasteiger partial charge in [0, 0.05) is 11.8 Å². The summed E-state index contributed by atoms with van der Waals surface area (Å²) in [5.41, 5.74) is 0.449. The molecule has 1 heterocycles. The van der Waals surface area contributed by atoms with E-state index in [9.17, 15) is 18.0 Å². The van der Waals surface area contributed by atoms with Crippen LogP contribution in [0.5, 0.6) is 0 Å². The number of carbonyl (C=O) groups is 2. The van der Waals surface area contributed by atoms with E-state index in [1.54, 1.807) is 0 Å². The Labute approximate surface area is 130 Å². The number of carboxylic acids is 1. The van der Waals surface area contributed by atoms with E-state index in [2.05, 4.69) is 10.3 Å². The molecule has 22 heavy (non-hydrogen) atoms. The van der Waals surface area contributed by atoms with E-state index in [4.69, 9.17) is 5.11 Å². The third kappa shape index (κ3) is 3.49. The lowest BCUT2D eigenvalue weighted by Gasteiger charge is -2.03. The largest absolute Gasteiger partial charge is 0.477 e. The van der Waals surface area contributed by atoms with Gasteiger partial charge in [-0.05, 0) is 25.1 Å². The Morgan fingerprint density at radius 3 is 2.55 bits per heavy atom. The summed E-state index contributed by atoms with van der Waals surface area (Å²) in [5.74, 6) is -1.68. The number of aromatic carboxylic acids is 1. The highest BCUT2D eigenvalue weighted by atomic mass is 32.2. The summed E-state index contributed by atoms with van der Waals surface area (Å²) < 4.78 is 23.0. The number of sulfone groups is 1. The molecule has 1 aromatic carbocycles. The molecule has 0 bridgehead atoms. The van der Waals surface area contributed by atoms with E-state index < -0.39 is 21.7 Å². The molecule has 0 radical (unpaired) electrons. The number of thiazole rings is 1. The number of anilines is 1. The first-order chi connectivity index (χ1) is 10.2. The zero-order chi connectivity index (χ0) is 16.5. The second kappa shape index (κ2) is 5.85. The minimum atomic E-state index is -3.42. The predicted molar refractivity (Wildman–Crippen MR) is 81.3 cm³/mol. The number of carbonyl (C=O) groups excluding carboxylic acids is 1. The number of nitrogens with one attached hydrogen (secondary N) is 1. The van der Waals surface area contributed by atoms with Crippen molar-refractivity contribution in [2.75, 3.05) is 11.6 Å². The van der Waals surface area contributed by atoms with E-state index in [1.165, 1.54) is 31.2 Å². The minimum absolute atomic E-state index is 0.0293. The topological polar surface area (TPSA) is 113 Å². The summed E-state index contributed by atoms with van der Waals surface area (Å²) in [6, 6.07) is 5.56. The Balaban J connectivity index is 2.26. The van der Waals surface area contributed by atoms with Crippen molar-refractivity contribution >= 4 is 38.2 Å². The van der Waals surface area contributed by atoms with E-state index in [0.29, 0.717) is 5.69 Å². The maximum atomic E-state index is 12.1. The van der Waals surface area contributed by atoms with Gasteiger partial charge < -0.3 is 5.11 Å². The summed E-state index contributed by atoms with van der Waals surface area (Å²) in [7, 11) is -3.42. The highest BCUT2D eigenvalue weighted by molar-refractivity contribution is 7.90. The Hall–Kier alpha value is -2.26. The molecular weight excluding hydrogens is 328 g/mol. The summed E-state index contributed by atoms with van der Waals surface area (Å²) in [6.45, 7) is 1.53. The number of hydrogen-bond donors (Lipinski definition) is 2. The van der Waals surface area contributed by atoms with E-state index in [0.717, 1.165) is 17.6 Å². The number of amides is 1.